The molecule has 1 rings (SSSR count). The first-order valence-electron chi connectivity index (χ1n) is 5.02. The number of rotatable bonds is 4. The van der Waals surface area contributed by atoms with Gasteiger partial charge in [-0.1, -0.05) is 13.3 Å². The fraction of sp³-hybridized carbons (Fsp3) is 0.800. The highest BCUT2D eigenvalue weighted by molar-refractivity contribution is 6.01. The maximum Gasteiger partial charge on any atom is 0.323 e. The van der Waals surface area contributed by atoms with Crippen molar-refractivity contribution in [3.63, 3.8) is 0 Å². The Kier molecular flexibility index (Phi) is 3.49. The molecule has 0 saturated carbocycles. The van der Waals surface area contributed by atoms with Crippen LogP contribution in [0.3, 0.4) is 0 Å². The zero-order valence-corrected chi connectivity index (χ0v) is 8.67. The van der Waals surface area contributed by atoms with E-state index in [1.54, 1.807) is 6.92 Å². The van der Waals surface area contributed by atoms with E-state index in [9.17, 15) is 9.59 Å². The number of ether oxygens (including phenoxy) is 2. The van der Waals surface area contributed by atoms with Gasteiger partial charge in [-0.05, 0) is 13.3 Å². The zero-order valence-electron chi connectivity index (χ0n) is 8.67. The van der Waals surface area contributed by atoms with Gasteiger partial charge in [-0.3, -0.25) is 9.59 Å². The van der Waals surface area contributed by atoms with E-state index in [1.165, 1.54) is 0 Å². The fourth-order valence-electron chi connectivity index (χ4n) is 1.77. The molecule has 80 valence electrons. The number of cyclic esters (lactones) is 1. The molecule has 1 aliphatic heterocycles. The van der Waals surface area contributed by atoms with Crippen LogP contribution in [0.5, 0.6) is 0 Å². The molecule has 0 aliphatic carbocycles. The summed E-state index contributed by atoms with van der Waals surface area (Å²) in [6.45, 7) is 4.31. The van der Waals surface area contributed by atoms with Crippen LogP contribution in [-0.4, -0.2) is 25.2 Å². The first-order valence-corrected chi connectivity index (χ1v) is 5.02. The highest BCUT2D eigenvalue weighted by Crippen LogP contribution is 2.36. The van der Waals surface area contributed by atoms with Crippen LogP contribution in [0.25, 0.3) is 0 Å². The van der Waals surface area contributed by atoms with Crippen LogP contribution in [-0.2, 0) is 19.1 Å². The van der Waals surface area contributed by atoms with Gasteiger partial charge in [-0.15, -0.1) is 0 Å². The van der Waals surface area contributed by atoms with E-state index in [2.05, 4.69) is 0 Å². The van der Waals surface area contributed by atoms with Crippen LogP contribution < -0.4 is 0 Å². The van der Waals surface area contributed by atoms with Gasteiger partial charge in [0.2, 0.25) is 0 Å². The molecule has 1 fully saturated rings. The maximum atomic E-state index is 11.6. The molecule has 0 amide bonds. The first kappa shape index (κ1) is 11.0. The Balaban J connectivity index is 2.80. The number of hydrogen-bond acceptors (Lipinski definition) is 4. The lowest BCUT2D eigenvalue weighted by Crippen LogP contribution is -2.37. The molecule has 1 saturated heterocycles. The summed E-state index contributed by atoms with van der Waals surface area (Å²) in [5, 5.41) is 0. The SMILES string of the molecule is CCCC1(C(=O)OCC)CCOC1=O. The highest BCUT2D eigenvalue weighted by atomic mass is 16.6. The quantitative estimate of drug-likeness (QED) is 0.506. The van der Waals surface area contributed by atoms with Crippen molar-refractivity contribution in [2.75, 3.05) is 13.2 Å². The van der Waals surface area contributed by atoms with E-state index in [1.807, 2.05) is 6.92 Å². The third-order valence-corrected chi connectivity index (χ3v) is 2.50. The van der Waals surface area contributed by atoms with E-state index in [0.29, 0.717) is 26.1 Å². The van der Waals surface area contributed by atoms with Gasteiger partial charge in [-0.2, -0.15) is 0 Å². The summed E-state index contributed by atoms with van der Waals surface area (Å²) < 4.78 is 9.76. The second-order valence-corrected chi connectivity index (χ2v) is 3.44. The Morgan fingerprint density at radius 1 is 1.57 bits per heavy atom. The molecule has 1 atom stereocenters. The molecular weight excluding hydrogens is 184 g/mol. The molecule has 0 aromatic rings. The lowest BCUT2D eigenvalue weighted by atomic mass is 9.82. The van der Waals surface area contributed by atoms with Crippen LogP contribution in [0.15, 0.2) is 0 Å². The van der Waals surface area contributed by atoms with Gasteiger partial charge in [0.25, 0.3) is 0 Å². The van der Waals surface area contributed by atoms with E-state index in [-0.39, 0.29) is 0 Å². The Morgan fingerprint density at radius 3 is 2.71 bits per heavy atom. The molecule has 0 radical (unpaired) electrons. The van der Waals surface area contributed by atoms with Gasteiger partial charge < -0.3 is 9.47 Å². The van der Waals surface area contributed by atoms with Gasteiger partial charge >= 0.3 is 11.9 Å². The van der Waals surface area contributed by atoms with Crippen LogP contribution >= 0.6 is 0 Å². The third-order valence-electron chi connectivity index (χ3n) is 2.50. The predicted octanol–water partition coefficient (Wildman–Crippen LogP) is 1.28. The van der Waals surface area contributed by atoms with E-state index < -0.39 is 17.4 Å². The van der Waals surface area contributed by atoms with Gasteiger partial charge in [0, 0.05) is 6.42 Å². The van der Waals surface area contributed by atoms with E-state index in [4.69, 9.17) is 9.47 Å². The molecule has 0 N–H and O–H groups in total. The average molecular weight is 200 g/mol. The maximum absolute atomic E-state index is 11.6. The zero-order chi connectivity index (χ0) is 10.6. The molecule has 1 aliphatic rings. The smallest absolute Gasteiger partial charge is 0.323 e. The van der Waals surface area contributed by atoms with Crippen LogP contribution in [0.4, 0.5) is 0 Å². The lowest BCUT2D eigenvalue weighted by molar-refractivity contribution is -0.165. The summed E-state index contributed by atoms with van der Waals surface area (Å²) in [5.74, 6) is -0.845. The Bertz CT molecular complexity index is 236. The van der Waals surface area contributed by atoms with E-state index >= 15 is 0 Å². The van der Waals surface area contributed by atoms with Crippen molar-refractivity contribution in [2.24, 2.45) is 5.41 Å². The van der Waals surface area contributed by atoms with Crippen molar-refractivity contribution in [1.82, 2.24) is 0 Å². The van der Waals surface area contributed by atoms with Crippen LogP contribution in [0.1, 0.15) is 33.1 Å². The third kappa shape index (κ3) is 1.74. The fourth-order valence-corrected chi connectivity index (χ4v) is 1.77. The van der Waals surface area contributed by atoms with Crippen molar-refractivity contribution in [3.05, 3.63) is 0 Å². The van der Waals surface area contributed by atoms with Gasteiger partial charge in [0.15, 0.2) is 5.41 Å². The van der Waals surface area contributed by atoms with Crippen molar-refractivity contribution in [1.29, 1.82) is 0 Å². The Labute approximate surface area is 83.6 Å². The topological polar surface area (TPSA) is 52.6 Å². The minimum Gasteiger partial charge on any atom is -0.465 e. The van der Waals surface area contributed by atoms with Crippen molar-refractivity contribution < 1.29 is 19.1 Å². The lowest BCUT2D eigenvalue weighted by Gasteiger charge is -2.21. The molecule has 4 heteroatoms. The molecule has 0 aromatic heterocycles. The molecule has 0 bridgehead atoms. The van der Waals surface area contributed by atoms with Crippen molar-refractivity contribution in [2.45, 2.75) is 33.1 Å². The number of carbonyl (C=O) groups excluding carboxylic acids is 2. The monoisotopic (exact) mass is 200 g/mol. The summed E-state index contributed by atoms with van der Waals surface area (Å²) in [5.41, 5.74) is -1.01. The summed E-state index contributed by atoms with van der Waals surface area (Å²) in [4.78, 5) is 23.1. The van der Waals surface area contributed by atoms with Gasteiger partial charge in [0.1, 0.15) is 0 Å². The first-order chi connectivity index (χ1) is 6.67. The molecule has 1 heterocycles. The highest BCUT2D eigenvalue weighted by Gasteiger charge is 2.51. The normalized spacial score (nSPS) is 26.0. The summed E-state index contributed by atoms with van der Waals surface area (Å²) >= 11 is 0. The van der Waals surface area contributed by atoms with Crippen molar-refractivity contribution >= 4 is 11.9 Å². The second-order valence-electron chi connectivity index (χ2n) is 3.44. The minimum atomic E-state index is -1.01. The van der Waals surface area contributed by atoms with E-state index in [0.717, 1.165) is 6.42 Å². The van der Waals surface area contributed by atoms with Crippen LogP contribution in [0, 0.1) is 5.41 Å². The molecular formula is C10H16O4. The summed E-state index contributed by atoms with van der Waals surface area (Å²) in [6, 6.07) is 0. The molecule has 4 nitrogen and oxygen atoms in total. The number of carbonyl (C=O) groups is 2. The predicted molar refractivity (Wildman–Crippen MR) is 49.6 cm³/mol. The Morgan fingerprint density at radius 2 is 2.29 bits per heavy atom. The van der Waals surface area contributed by atoms with Crippen molar-refractivity contribution in [3.8, 4) is 0 Å². The largest absolute Gasteiger partial charge is 0.465 e. The summed E-state index contributed by atoms with van der Waals surface area (Å²) in [6.07, 6.45) is 1.75. The molecule has 0 aromatic carbocycles. The minimum absolute atomic E-state index is 0.303. The average Bonchev–Trinajstić information content (AvgIpc) is 2.50. The summed E-state index contributed by atoms with van der Waals surface area (Å²) in [7, 11) is 0. The second kappa shape index (κ2) is 4.44. The Hall–Kier alpha value is -1.06. The molecule has 14 heavy (non-hydrogen) atoms. The standard InChI is InChI=1S/C10H16O4/c1-3-5-10(8(11)13-4-2)6-7-14-9(10)12/h3-7H2,1-2H3. The van der Waals surface area contributed by atoms with Gasteiger partial charge in [-0.25, -0.2) is 0 Å². The molecule has 0 spiro atoms. The number of hydrogen-bond donors (Lipinski definition) is 0. The molecule has 1 unspecified atom stereocenters. The number of esters is 2. The van der Waals surface area contributed by atoms with Crippen LogP contribution in [0.2, 0.25) is 0 Å². The van der Waals surface area contributed by atoms with Gasteiger partial charge in [0.05, 0.1) is 13.2 Å².